The summed E-state index contributed by atoms with van der Waals surface area (Å²) < 4.78 is 5.61. The molecular formula is C19H23N3O2. The van der Waals surface area contributed by atoms with Crippen molar-refractivity contribution in [3.05, 3.63) is 59.9 Å². The van der Waals surface area contributed by atoms with Gasteiger partial charge in [0.1, 0.15) is 5.75 Å². The average molecular weight is 325 g/mol. The molecule has 2 aromatic rings. The van der Waals surface area contributed by atoms with E-state index in [2.05, 4.69) is 15.6 Å². The number of hydrogen-bond donors (Lipinski definition) is 2. The predicted octanol–water partition coefficient (Wildman–Crippen LogP) is 2.24. The van der Waals surface area contributed by atoms with Gasteiger partial charge in [0.25, 0.3) is 0 Å². The maximum Gasteiger partial charge on any atom is 0.227 e. The molecule has 2 N–H and O–H groups in total. The first-order valence-corrected chi connectivity index (χ1v) is 8.43. The van der Waals surface area contributed by atoms with Gasteiger partial charge in [-0.25, -0.2) is 0 Å². The second kappa shape index (κ2) is 8.45. The van der Waals surface area contributed by atoms with E-state index < -0.39 is 0 Å². The lowest BCUT2D eigenvalue weighted by Crippen LogP contribution is -2.34. The Morgan fingerprint density at radius 2 is 2.12 bits per heavy atom. The monoisotopic (exact) mass is 325 g/mol. The molecule has 3 rings (SSSR count). The van der Waals surface area contributed by atoms with Gasteiger partial charge in [0.05, 0.1) is 12.5 Å². The van der Waals surface area contributed by atoms with Crippen LogP contribution in [0.5, 0.6) is 5.75 Å². The number of aromatic nitrogens is 1. The minimum atomic E-state index is -0.0988. The Kier molecular flexibility index (Phi) is 5.80. The van der Waals surface area contributed by atoms with Crippen LogP contribution < -0.4 is 15.4 Å². The minimum Gasteiger partial charge on any atom is -0.493 e. The van der Waals surface area contributed by atoms with Crippen LogP contribution in [0.25, 0.3) is 0 Å². The van der Waals surface area contributed by atoms with Crippen LogP contribution in [0.2, 0.25) is 0 Å². The zero-order valence-electron chi connectivity index (χ0n) is 13.7. The summed E-state index contributed by atoms with van der Waals surface area (Å²) in [4.78, 5) is 16.5. The summed E-state index contributed by atoms with van der Waals surface area (Å²) in [5.41, 5.74) is 2.16. The molecule has 0 aliphatic carbocycles. The molecule has 0 fully saturated rings. The molecule has 126 valence electrons. The molecule has 2 heterocycles. The Hall–Kier alpha value is -2.40. The smallest absolute Gasteiger partial charge is 0.227 e. The second-order valence-electron chi connectivity index (χ2n) is 5.91. The van der Waals surface area contributed by atoms with Gasteiger partial charge in [-0.15, -0.1) is 0 Å². The van der Waals surface area contributed by atoms with E-state index in [1.54, 1.807) is 6.20 Å². The lowest BCUT2D eigenvalue weighted by molar-refractivity contribution is -0.123. The number of rotatable bonds is 7. The normalized spacial score (nSPS) is 16.1. The van der Waals surface area contributed by atoms with Crippen LogP contribution in [0.1, 0.15) is 29.9 Å². The van der Waals surface area contributed by atoms with Gasteiger partial charge in [-0.1, -0.05) is 24.3 Å². The number of amides is 1. The van der Waals surface area contributed by atoms with Crippen LogP contribution in [-0.4, -0.2) is 30.6 Å². The lowest BCUT2D eigenvalue weighted by Gasteiger charge is -2.25. The van der Waals surface area contributed by atoms with E-state index in [9.17, 15) is 4.79 Å². The van der Waals surface area contributed by atoms with Gasteiger partial charge < -0.3 is 15.4 Å². The molecule has 0 bridgehead atoms. The predicted molar refractivity (Wildman–Crippen MR) is 92.9 cm³/mol. The molecule has 0 saturated carbocycles. The van der Waals surface area contributed by atoms with Crippen molar-refractivity contribution in [1.82, 2.24) is 15.6 Å². The number of ether oxygens (including phenoxy) is 1. The van der Waals surface area contributed by atoms with Gasteiger partial charge in [0, 0.05) is 31.0 Å². The summed E-state index contributed by atoms with van der Waals surface area (Å²) in [6.45, 7) is 2.94. The fraction of sp³-hybridized carbons (Fsp3) is 0.368. The summed E-state index contributed by atoms with van der Waals surface area (Å²) >= 11 is 0. The van der Waals surface area contributed by atoms with Crippen molar-refractivity contribution in [3.8, 4) is 5.75 Å². The molecular weight excluding hydrogens is 302 g/mol. The molecule has 1 atom stereocenters. The second-order valence-corrected chi connectivity index (χ2v) is 5.91. The van der Waals surface area contributed by atoms with Crippen molar-refractivity contribution < 1.29 is 9.53 Å². The van der Waals surface area contributed by atoms with E-state index in [1.165, 1.54) is 5.56 Å². The molecule has 0 unspecified atom stereocenters. The first kappa shape index (κ1) is 16.5. The number of benzene rings is 1. The summed E-state index contributed by atoms with van der Waals surface area (Å²) in [6.07, 6.45) is 5.27. The number of hydrogen-bond acceptors (Lipinski definition) is 4. The number of fused-ring (bicyclic) bond motifs is 1. The fourth-order valence-electron chi connectivity index (χ4n) is 2.90. The molecule has 1 aliphatic rings. The number of carbonyl (C=O) groups is 1. The molecule has 0 spiro atoms. The third-order valence-electron chi connectivity index (χ3n) is 4.16. The standard InChI is InChI=1S/C19H23N3O2/c23-19(17-8-12-24-18-7-2-1-6-16(17)18)22-11-4-10-21-14-15-5-3-9-20-13-15/h1-3,5-7,9,13,17,21H,4,8,10-12,14H2,(H,22,23)/t17-/m0/s1. The number of nitrogens with zero attached hydrogens (tertiary/aromatic N) is 1. The van der Waals surface area contributed by atoms with E-state index in [1.807, 2.05) is 42.6 Å². The van der Waals surface area contributed by atoms with Crippen molar-refractivity contribution in [1.29, 1.82) is 0 Å². The van der Waals surface area contributed by atoms with E-state index >= 15 is 0 Å². The average Bonchev–Trinajstić information content (AvgIpc) is 2.64. The third kappa shape index (κ3) is 4.32. The Bertz CT molecular complexity index is 661. The number of pyridine rings is 1. The van der Waals surface area contributed by atoms with Crippen molar-refractivity contribution in [2.24, 2.45) is 0 Å². The Balaban J connectivity index is 1.37. The van der Waals surface area contributed by atoms with Crippen molar-refractivity contribution in [3.63, 3.8) is 0 Å². The Labute approximate surface area is 142 Å². The topological polar surface area (TPSA) is 63.2 Å². The number of nitrogens with one attached hydrogen (secondary N) is 2. The van der Waals surface area contributed by atoms with Crippen molar-refractivity contribution in [2.75, 3.05) is 19.7 Å². The van der Waals surface area contributed by atoms with E-state index in [0.29, 0.717) is 13.2 Å². The van der Waals surface area contributed by atoms with E-state index in [-0.39, 0.29) is 11.8 Å². The zero-order chi connectivity index (χ0) is 16.6. The Morgan fingerprint density at radius 3 is 3.00 bits per heavy atom. The quantitative estimate of drug-likeness (QED) is 0.767. The van der Waals surface area contributed by atoms with Crippen LogP contribution >= 0.6 is 0 Å². The third-order valence-corrected chi connectivity index (χ3v) is 4.16. The largest absolute Gasteiger partial charge is 0.493 e. The van der Waals surface area contributed by atoms with Gasteiger partial charge in [0.2, 0.25) is 5.91 Å². The maximum absolute atomic E-state index is 12.4. The summed E-state index contributed by atoms with van der Waals surface area (Å²) in [5.74, 6) is 0.832. The van der Waals surface area contributed by atoms with Gasteiger partial charge in [-0.2, -0.15) is 0 Å². The molecule has 5 nitrogen and oxygen atoms in total. The van der Waals surface area contributed by atoms with Crippen LogP contribution in [0.15, 0.2) is 48.8 Å². The van der Waals surface area contributed by atoms with Gasteiger partial charge in [-0.05, 0) is 37.1 Å². The summed E-state index contributed by atoms with van der Waals surface area (Å²) in [6, 6.07) is 11.8. The molecule has 1 amide bonds. The molecule has 24 heavy (non-hydrogen) atoms. The molecule has 0 saturated heterocycles. The zero-order valence-corrected chi connectivity index (χ0v) is 13.7. The lowest BCUT2D eigenvalue weighted by atomic mass is 9.92. The van der Waals surface area contributed by atoms with E-state index in [0.717, 1.165) is 37.2 Å². The van der Waals surface area contributed by atoms with Gasteiger partial charge in [-0.3, -0.25) is 9.78 Å². The van der Waals surface area contributed by atoms with Gasteiger partial charge in [0.15, 0.2) is 0 Å². The highest BCUT2D eigenvalue weighted by atomic mass is 16.5. The molecule has 1 aromatic carbocycles. The first-order valence-electron chi connectivity index (χ1n) is 8.43. The molecule has 5 heteroatoms. The summed E-state index contributed by atoms with van der Waals surface area (Å²) in [5, 5.41) is 6.40. The van der Waals surface area contributed by atoms with Crippen molar-refractivity contribution in [2.45, 2.75) is 25.3 Å². The number of carbonyl (C=O) groups excluding carboxylic acids is 1. The molecule has 1 aromatic heterocycles. The minimum absolute atomic E-state index is 0.0954. The van der Waals surface area contributed by atoms with Crippen LogP contribution in [0.3, 0.4) is 0 Å². The number of para-hydroxylation sites is 1. The SMILES string of the molecule is O=C(NCCCNCc1cccnc1)[C@H]1CCOc2ccccc21. The van der Waals surface area contributed by atoms with Gasteiger partial charge >= 0.3 is 0 Å². The highest BCUT2D eigenvalue weighted by molar-refractivity contribution is 5.84. The fourth-order valence-corrected chi connectivity index (χ4v) is 2.90. The highest BCUT2D eigenvalue weighted by Crippen LogP contribution is 2.33. The van der Waals surface area contributed by atoms with Crippen LogP contribution in [0, 0.1) is 0 Å². The van der Waals surface area contributed by atoms with Crippen LogP contribution in [-0.2, 0) is 11.3 Å². The van der Waals surface area contributed by atoms with E-state index in [4.69, 9.17) is 4.74 Å². The highest BCUT2D eigenvalue weighted by Gasteiger charge is 2.26. The molecule has 1 aliphatic heterocycles. The molecule has 0 radical (unpaired) electrons. The first-order chi connectivity index (χ1) is 11.8. The Morgan fingerprint density at radius 1 is 1.21 bits per heavy atom. The maximum atomic E-state index is 12.4. The summed E-state index contributed by atoms with van der Waals surface area (Å²) in [7, 11) is 0. The van der Waals surface area contributed by atoms with Crippen LogP contribution in [0.4, 0.5) is 0 Å². The van der Waals surface area contributed by atoms with Crippen molar-refractivity contribution >= 4 is 5.91 Å².